The summed E-state index contributed by atoms with van der Waals surface area (Å²) in [6, 6.07) is 2.05. The summed E-state index contributed by atoms with van der Waals surface area (Å²) >= 11 is 5.63. The van der Waals surface area contributed by atoms with Crippen LogP contribution in [0.5, 0.6) is 0 Å². The summed E-state index contributed by atoms with van der Waals surface area (Å²) in [7, 11) is 4.05. The van der Waals surface area contributed by atoms with Gasteiger partial charge in [0.1, 0.15) is 0 Å². The van der Waals surface area contributed by atoms with Crippen molar-refractivity contribution in [2.45, 2.75) is 6.42 Å². The normalized spacial score (nSPS) is 11.1. The van der Waals surface area contributed by atoms with Crippen LogP contribution in [-0.2, 0) is 13.5 Å². The minimum atomic E-state index is 0.696. The molecule has 74 valence electrons. The van der Waals surface area contributed by atoms with E-state index >= 15 is 0 Å². The Morgan fingerprint density at radius 2 is 2.31 bits per heavy atom. The monoisotopic (exact) mass is 201 g/mol. The summed E-state index contributed by atoms with van der Waals surface area (Å²) in [5.74, 6) is 0.696. The van der Waals surface area contributed by atoms with Crippen molar-refractivity contribution in [3.63, 3.8) is 0 Å². The van der Waals surface area contributed by atoms with Gasteiger partial charge in [0.2, 0.25) is 0 Å². The predicted octanol–water partition coefficient (Wildman–Crippen LogP) is 1.13. The Labute approximate surface area is 84.3 Å². The number of rotatable bonds is 5. The number of aryl methyl sites for hydroxylation is 1. The number of alkyl halides is 1. The molecule has 1 aromatic rings. The number of hydrogen-bond donors (Lipinski definition) is 0. The largest absolute Gasteiger partial charge is 0.305 e. The van der Waals surface area contributed by atoms with E-state index in [9.17, 15) is 0 Å². The van der Waals surface area contributed by atoms with Crippen LogP contribution in [0.15, 0.2) is 12.3 Å². The van der Waals surface area contributed by atoms with Crippen LogP contribution in [0, 0.1) is 0 Å². The third kappa shape index (κ3) is 3.36. The maximum absolute atomic E-state index is 5.63. The standard InChI is InChI=1S/C9H16ClN3/c1-12(8-5-10)7-4-9-3-6-11-13(9)2/h3,6H,4-5,7-8H2,1-2H3. The van der Waals surface area contributed by atoms with Gasteiger partial charge >= 0.3 is 0 Å². The zero-order chi connectivity index (χ0) is 9.68. The average Bonchev–Trinajstić information content (AvgIpc) is 2.48. The van der Waals surface area contributed by atoms with Crippen LogP contribution in [0.2, 0.25) is 0 Å². The lowest BCUT2D eigenvalue weighted by Gasteiger charge is -2.14. The predicted molar refractivity (Wildman–Crippen MR) is 55.1 cm³/mol. The van der Waals surface area contributed by atoms with Crippen molar-refractivity contribution >= 4 is 11.6 Å². The number of likely N-dealkylation sites (N-methyl/N-ethyl adjacent to an activating group) is 1. The van der Waals surface area contributed by atoms with Crippen molar-refractivity contribution in [3.05, 3.63) is 18.0 Å². The molecule has 0 aliphatic heterocycles. The molecule has 0 saturated carbocycles. The molecule has 0 atom stereocenters. The highest BCUT2D eigenvalue weighted by Gasteiger charge is 2.01. The van der Waals surface area contributed by atoms with Crippen LogP contribution in [0.25, 0.3) is 0 Å². The highest BCUT2D eigenvalue weighted by Crippen LogP contribution is 1.98. The van der Waals surface area contributed by atoms with Crippen LogP contribution in [0.3, 0.4) is 0 Å². The van der Waals surface area contributed by atoms with Crippen LogP contribution < -0.4 is 0 Å². The molecule has 0 radical (unpaired) electrons. The Balaban J connectivity index is 2.30. The molecule has 1 rings (SSSR count). The third-order valence-corrected chi connectivity index (χ3v) is 2.31. The highest BCUT2D eigenvalue weighted by atomic mass is 35.5. The maximum atomic E-state index is 5.63. The van der Waals surface area contributed by atoms with Crippen molar-refractivity contribution in [3.8, 4) is 0 Å². The second kappa shape index (κ2) is 5.25. The van der Waals surface area contributed by atoms with Crippen molar-refractivity contribution in [1.29, 1.82) is 0 Å². The van der Waals surface area contributed by atoms with Gasteiger partial charge in [0.15, 0.2) is 0 Å². The van der Waals surface area contributed by atoms with Gasteiger partial charge in [-0.1, -0.05) is 0 Å². The van der Waals surface area contributed by atoms with Gasteiger partial charge in [0.05, 0.1) is 0 Å². The van der Waals surface area contributed by atoms with Gasteiger partial charge in [-0.2, -0.15) is 5.10 Å². The molecule has 4 heteroatoms. The lowest BCUT2D eigenvalue weighted by molar-refractivity contribution is 0.356. The SMILES string of the molecule is CN(CCCl)CCc1ccnn1C. The molecule has 0 amide bonds. The summed E-state index contributed by atoms with van der Waals surface area (Å²) in [5.41, 5.74) is 1.27. The molecule has 0 spiro atoms. The fourth-order valence-electron chi connectivity index (χ4n) is 1.21. The first-order valence-electron chi connectivity index (χ1n) is 4.45. The van der Waals surface area contributed by atoms with Crippen LogP contribution >= 0.6 is 11.6 Å². The molecule has 0 unspecified atom stereocenters. The van der Waals surface area contributed by atoms with E-state index in [1.165, 1.54) is 5.69 Å². The van der Waals surface area contributed by atoms with E-state index in [0.29, 0.717) is 5.88 Å². The molecule has 1 heterocycles. The van der Waals surface area contributed by atoms with E-state index in [1.807, 2.05) is 17.9 Å². The summed E-state index contributed by atoms with van der Waals surface area (Å²) in [6.07, 6.45) is 2.86. The van der Waals surface area contributed by atoms with E-state index in [-0.39, 0.29) is 0 Å². The lowest BCUT2D eigenvalue weighted by atomic mass is 10.3. The van der Waals surface area contributed by atoms with E-state index in [4.69, 9.17) is 11.6 Å². The smallest absolute Gasteiger partial charge is 0.0492 e. The molecule has 3 nitrogen and oxygen atoms in total. The van der Waals surface area contributed by atoms with Gasteiger partial charge in [0, 0.05) is 44.3 Å². The minimum absolute atomic E-state index is 0.696. The first kappa shape index (κ1) is 10.5. The first-order chi connectivity index (χ1) is 6.24. The van der Waals surface area contributed by atoms with Crippen molar-refractivity contribution in [2.75, 3.05) is 26.0 Å². The summed E-state index contributed by atoms with van der Waals surface area (Å²) in [6.45, 7) is 1.98. The van der Waals surface area contributed by atoms with Crippen molar-refractivity contribution < 1.29 is 0 Å². The van der Waals surface area contributed by atoms with Gasteiger partial charge in [0.25, 0.3) is 0 Å². The quantitative estimate of drug-likeness (QED) is 0.667. The van der Waals surface area contributed by atoms with E-state index < -0.39 is 0 Å². The van der Waals surface area contributed by atoms with E-state index in [2.05, 4.69) is 23.1 Å². The van der Waals surface area contributed by atoms with Crippen LogP contribution in [-0.4, -0.2) is 40.7 Å². The third-order valence-electron chi connectivity index (χ3n) is 2.14. The molecule has 0 bridgehead atoms. The Morgan fingerprint density at radius 1 is 1.54 bits per heavy atom. The van der Waals surface area contributed by atoms with Gasteiger partial charge in [-0.25, -0.2) is 0 Å². The number of nitrogens with zero attached hydrogens (tertiary/aromatic N) is 3. The Morgan fingerprint density at radius 3 is 2.85 bits per heavy atom. The van der Waals surface area contributed by atoms with E-state index in [0.717, 1.165) is 19.5 Å². The first-order valence-corrected chi connectivity index (χ1v) is 4.99. The fourth-order valence-corrected chi connectivity index (χ4v) is 1.50. The molecule has 0 aliphatic carbocycles. The second-order valence-electron chi connectivity index (χ2n) is 3.19. The molecule has 0 aliphatic rings. The Bertz CT molecular complexity index is 247. The number of halogens is 1. The topological polar surface area (TPSA) is 21.1 Å². The van der Waals surface area contributed by atoms with Gasteiger partial charge < -0.3 is 4.90 Å². The highest BCUT2D eigenvalue weighted by molar-refractivity contribution is 6.18. The molecule has 0 N–H and O–H groups in total. The molecular weight excluding hydrogens is 186 g/mol. The molecule has 0 fully saturated rings. The molecule has 0 aromatic carbocycles. The molecule has 1 aromatic heterocycles. The zero-order valence-corrected chi connectivity index (χ0v) is 8.96. The van der Waals surface area contributed by atoms with Crippen molar-refractivity contribution in [2.24, 2.45) is 7.05 Å². The number of aromatic nitrogens is 2. The maximum Gasteiger partial charge on any atom is 0.0492 e. The van der Waals surface area contributed by atoms with Crippen molar-refractivity contribution in [1.82, 2.24) is 14.7 Å². The van der Waals surface area contributed by atoms with Crippen LogP contribution in [0.4, 0.5) is 0 Å². The molecule has 13 heavy (non-hydrogen) atoms. The van der Waals surface area contributed by atoms with Gasteiger partial charge in [-0.15, -0.1) is 11.6 Å². The summed E-state index contributed by atoms with van der Waals surface area (Å²) in [4.78, 5) is 2.22. The van der Waals surface area contributed by atoms with E-state index in [1.54, 1.807) is 0 Å². The minimum Gasteiger partial charge on any atom is -0.305 e. The fraction of sp³-hybridized carbons (Fsp3) is 0.667. The zero-order valence-electron chi connectivity index (χ0n) is 8.20. The molecular formula is C9H16ClN3. The van der Waals surface area contributed by atoms with Gasteiger partial charge in [-0.3, -0.25) is 4.68 Å². The molecule has 0 saturated heterocycles. The number of hydrogen-bond acceptors (Lipinski definition) is 2. The van der Waals surface area contributed by atoms with Crippen LogP contribution in [0.1, 0.15) is 5.69 Å². The average molecular weight is 202 g/mol. The Kier molecular flexibility index (Phi) is 4.25. The summed E-state index contributed by atoms with van der Waals surface area (Å²) in [5, 5.41) is 4.11. The summed E-state index contributed by atoms with van der Waals surface area (Å²) < 4.78 is 1.91. The Hall–Kier alpha value is -0.540. The second-order valence-corrected chi connectivity index (χ2v) is 3.57. The van der Waals surface area contributed by atoms with Gasteiger partial charge in [-0.05, 0) is 13.1 Å². The lowest BCUT2D eigenvalue weighted by Crippen LogP contribution is -2.23.